The molecule has 2 aromatic carbocycles. The molecule has 0 aliphatic carbocycles. The molecular formula is C25H29NO5. The lowest BCUT2D eigenvalue weighted by molar-refractivity contribution is -0.140. The van der Waals surface area contributed by atoms with E-state index in [9.17, 15) is 9.59 Å². The zero-order valence-electron chi connectivity index (χ0n) is 18.7. The molecule has 0 saturated carbocycles. The summed E-state index contributed by atoms with van der Waals surface area (Å²) in [5.41, 5.74) is 3.93. The van der Waals surface area contributed by atoms with Gasteiger partial charge in [0.2, 0.25) is 5.91 Å². The molecule has 6 nitrogen and oxygen atoms in total. The standard InChI is InChI=1S/C25H29NO5/c1-6-31-25(28)23-17(3)26(15-18-10-7-9-16(2)13-18)22(27)14-20(23)19-11-8-12-21(29-4)24(19)30-5/h7-13,20H,6,14-15H2,1-5H3/t20-/m0/s1. The van der Waals surface area contributed by atoms with Crippen molar-refractivity contribution in [2.45, 2.75) is 39.7 Å². The molecule has 0 unspecified atom stereocenters. The van der Waals surface area contributed by atoms with Crippen molar-refractivity contribution >= 4 is 11.9 Å². The second-order valence-corrected chi connectivity index (χ2v) is 7.53. The van der Waals surface area contributed by atoms with Gasteiger partial charge in [-0.2, -0.15) is 0 Å². The fraction of sp³-hybridized carbons (Fsp3) is 0.360. The van der Waals surface area contributed by atoms with E-state index in [1.807, 2.05) is 43.3 Å². The number of amides is 1. The van der Waals surface area contributed by atoms with Crippen LogP contribution in [0.4, 0.5) is 0 Å². The summed E-state index contributed by atoms with van der Waals surface area (Å²) in [6.07, 6.45) is 0.140. The molecule has 2 aromatic rings. The summed E-state index contributed by atoms with van der Waals surface area (Å²) in [6, 6.07) is 13.5. The number of carbonyl (C=O) groups is 2. The Bertz CT molecular complexity index is 1010. The van der Waals surface area contributed by atoms with Crippen LogP contribution in [0.1, 0.15) is 42.9 Å². The molecule has 1 atom stereocenters. The maximum Gasteiger partial charge on any atom is 0.336 e. The van der Waals surface area contributed by atoms with E-state index in [1.54, 1.807) is 39.0 Å². The smallest absolute Gasteiger partial charge is 0.336 e. The van der Waals surface area contributed by atoms with Crippen molar-refractivity contribution in [2.75, 3.05) is 20.8 Å². The quantitative estimate of drug-likeness (QED) is 0.619. The van der Waals surface area contributed by atoms with Crippen LogP contribution in [-0.2, 0) is 20.9 Å². The number of hydrogen-bond donors (Lipinski definition) is 0. The predicted octanol–water partition coefficient (Wildman–Crippen LogP) is 4.37. The van der Waals surface area contributed by atoms with Gasteiger partial charge in [0.15, 0.2) is 11.5 Å². The van der Waals surface area contributed by atoms with Crippen molar-refractivity contribution in [1.29, 1.82) is 0 Å². The maximum absolute atomic E-state index is 13.2. The Hall–Kier alpha value is -3.28. The van der Waals surface area contributed by atoms with E-state index in [0.717, 1.165) is 16.7 Å². The maximum atomic E-state index is 13.2. The SMILES string of the molecule is CCOC(=O)C1=C(C)N(Cc2cccc(C)c2)C(=O)C[C@H]1c1cccc(OC)c1OC. The highest BCUT2D eigenvalue weighted by atomic mass is 16.5. The Morgan fingerprint density at radius 2 is 1.84 bits per heavy atom. The number of ether oxygens (including phenoxy) is 3. The van der Waals surface area contributed by atoms with Crippen LogP contribution >= 0.6 is 0 Å². The van der Waals surface area contributed by atoms with E-state index in [0.29, 0.717) is 29.3 Å². The van der Waals surface area contributed by atoms with Crippen LogP contribution in [0.5, 0.6) is 11.5 Å². The second kappa shape index (κ2) is 9.69. The molecule has 0 bridgehead atoms. The molecule has 0 N–H and O–H groups in total. The molecule has 0 saturated heterocycles. The molecule has 1 amide bonds. The monoisotopic (exact) mass is 423 g/mol. The van der Waals surface area contributed by atoms with Gasteiger partial charge in [-0.1, -0.05) is 42.0 Å². The van der Waals surface area contributed by atoms with Gasteiger partial charge in [0.25, 0.3) is 0 Å². The molecule has 31 heavy (non-hydrogen) atoms. The number of esters is 1. The van der Waals surface area contributed by atoms with Crippen molar-refractivity contribution in [3.8, 4) is 11.5 Å². The van der Waals surface area contributed by atoms with E-state index < -0.39 is 11.9 Å². The normalized spacial score (nSPS) is 16.4. The predicted molar refractivity (Wildman–Crippen MR) is 118 cm³/mol. The van der Waals surface area contributed by atoms with Crippen molar-refractivity contribution < 1.29 is 23.8 Å². The Balaban J connectivity index is 2.10. The zero-order valence-corrected chi connectivity index (χ0v) is 18.7. The summed E-state index contributed by atoms with van der Waals surface area (Å²) < 4.78 is 16.4. The zero-order chi connectivity index (χ0) is 22.5. The molecule has 3 rings (SSSR count). The summed E-state index contributed by atoms with van der Waals surface area (Å²) in [4.78, 5) is 27.9. The van der Waals surface area contributed by atoms with Gasteiger partial charge in [-0.15, -0.1) is 0 Å². The highest BCUT2D eigenvalue weighted by Gasteiger charge is 2.38. The van der Waals surface area contributed by atoms with Gasteiger partial charge >= 0.3 is 5.97 Å². The molecule has 0 fully saturated rings. The first-order valence-electron chi connectivity index (χ1n) is 10.4. The summed E-state index contributed by atoms with van der Waals surface area (Å²) in [5, 5.41) is 0. The molecule has 0 aromatic heterocycles. The first-order chi connectivity index (χ1) is 14.9. The number of benzene rings is 2. The van der Waals surface area contributed by atoms with Crippen LogP contribution in [0.3, 0.4) is 0 Å². The Labute approximate surface area is 183 Å². The van der Waals surface area contributed by atoms with Crippen molar-refractivity contribution in [3.63, 3.8) is 0 Å². The molecular weight excluding hydrogens is 394 g/mol. The minimum Gasteiger partial charge on any atom is -0.493 e. The van der Waals surface area contributed by atoms with Crippen molar-refractivity contribution in [3.05, 3.63) is 70.4 Å². The van der Waals surface area contributed by atoms with E-state index in [2.05, 4.69) is 0 Å². The molecule has 164 valence electrons. The molecule has 0 radical (unpaired) electrons. The number of carbonyl (C=O) groups excluding carboxylic acids is 2. The third kappa shape index (κ3) is 4.58. The van der Waals surface area contributed by atoms with E-state index in [-0.39, 0.29) is 18.9 Å². The number of para-hydroxylation sites is 1. The average molecular weight is 424 g/mol. The molecule has 1 aliphatic heterocycles. The van der Waals surface area contributed by atoms with Gasteiger partial charge in [0.05, 0.1) is 32.9 Å². The van der Waals surface area contributed by atoms with Crippen LogP contribution in [0.15, 0.2) is 53.7 Å². The van der Waals surface area contributed by atoms with Crippen molar-refractivity contribution in [1.82, 2.24) is 4.90 Å². The van der Waals surface area contributed by atoms with Crippen LogP contribution < -0.4 is 9.47 Å². The van der Waals surface area contributed by atoms with Crippen molar-refractivity contribution in [2.24, 2.45) is 0 Å². The van der Waals surface area contributed by atoms with Gasteiger partial charge in [-0.3, -0.25) is 4.79 Å². The molecule has 1 aliphatic rings. The lowest BCUT2D eigenvalue weighted by atomic mass is 9.83. The number of aryl methyl sites for hydroxylation is 1. The fourth-order valence-corrected chi connectivity index (χ4v) is 4.12. The minimum atomic E-state index is -0.481. The number of methoxy groups -OCH3 is 2. The lowest BCUT2D eigenvalue weighted by Crippen LogP contribution is -2.38. The van der Waals surface area contributed by atoms with Gasteiger partial charge in [-0.05, 0) is 32.4 Å². The molecule has 6 heteroatoms. The van der Waals surface area contributed by atoms with Gasteiger partial charge in [0, 0.05) is 23.6 Å². The lowest BCUT2D eigenvalue weighted by Gasteiger charge is -2.35. The number of nitrogens with zero attached hydrogens (tertiary/aromatic N) is 1. The summed E-state index contributed by atoms with van der Waals surface area (Å²) in [6.45, 7) is 6.24. The first kappa shape index (κ1) is 22.4. The fourth-order valence-electron chi connectivity index (χ4n) is 4.12. The highest BCUT2D eigenvalue weighted by Crippen LogP contribution is 2.44. The van der Waals surface area contributed by atoms with Crippen LogP contribution in [0, 0.1) is 6.92 Å². The third-order valence-electron chi connectivity index (χ3n) is 5.55. The van der Waals surface area contributed by atoms with Crippen LogP contribution in [-0.4, -0.2) is 37.6 Å². The number of rotatable bonds is 7. The topological polar surface area (TPSA) is 65.1 Å². The average Bonchev–Trinajstić information content (AvgIpc) is 2.75. The van der Waals surface area contributed by atoms with E-state index in [4.69, 9.17) is 14.2 Å². The third-order valence-corrected chi connectivity index (χ3v) is 5.55. The number of allylic oxidation sites excluding steroid dienone is 1. The minimum absolute atomic E-state index is 0.0538. The highest BCUT2D eigenvalue weighted by molar-refractivity contribution is 5.96. The molecule has 1 heterocycles. The van der Waals surface area contributed by atoms with Crippen LogP contribution in [0.2, 0.25) is 0 Å². The second-order valence-electron chi connectivity index (χ2n) is 7.53. The Morgan fingerprint density at radius 1 is 1.10 bits per heavy atom. The van der Waals surface area contributed by atoms with Gasteiger partial charge in [0.1, 0.15) is 0 Å². The molecule has 0 spiro atoms. The van der Waals surface area contributed by atoms with Crippen LogP contribution in [0.25, 0.3) is 0 Å². The first-order valence-corrected chi connectivity index (χ1v) is 10.4. The summed E-state index contributed by atoms with van der Waals surface area (Å²) in [7, 11) is 3.11. The Morgan fingerprint density at radius 3 is 2.48 bits per heavy atom. The largest absolute Gasteiger partial charge is 0.493 e. The van der Waals surface area contributed by atoms with Gasteiger partial charge in [-0.25, -0.2) is 4.79 Å². The van der Waals surface area contributed by atoms with E-state index in [1.165, 1.54) is 0 Å². The summed E-state index contributed by atoms with van der Waals surface area (Å²) >= 11 is 0. The van der Waals surface area contributed by atoms with E-state index >= 15 is 0 Å². The Kier molecular flexibility index (Phi) is 7.00. The van der Waals surface area contributed by atoms with Gasteiger partial charge < -0.3 is 19.1 Å². The summed E-state index contributed by atoms with van der Waals surface area (Å²) in [5.74, 6) is 0.115. The number of hydrogen-bond acceptors (Lipinski definition) is 5.